The van der Waals surface area contributed by atoms with Crippen LogP contribution in [0.2, 0.25) is 0 Å². The van der Waals surface area contributed by atoms with E-state index in [9.17, 15) is 4.39 Å². The topological polar surface area (TPSA) is 15.3 Å². The van der Waals surface area contributed by atoms with Crippen LogP contribution in [0.5, 0.6) is 0 Å². The van der Waals surface area contributed by atoms with Crippen LogP contribution in [0, 0.1) is 5.41 Å². The van der Waals surface area contributed by atoms with E-state index in [0.29, 0.717) is 0 Å². The summed E-state index contributed by atoms with van der Waals surface area (Å²) in [7, 11) is 1.88. The van der Waals surface area contributed by atoms with Gasteiger partial charge in [-0.1, -0.05) is 18.2 Å². The minimum absolute atomic E-state index is 0.0251. The van der Waals surface area contributed by atoms with E-state index < -0.39 is 0 Å². The fourth-order valence-corrected chi connectivity index (χ4v) is 2.82. The molecule has 0 saturated carbocycles. The van der Waals surface area contributed by atoms with Crippen LogP contribution in [-0.4, -0.2) is 31.6 Å². The van der Waals surface area contributed by atoms with Crippen molar-refractivity contribution in [3.05, 3.63) is 35.3 Å². The molecule has 4 heteroatoms. The van der Waals surface area contributed by atoms with Crippen LogP contribution in [0.4, 0.5) is 4.39 Å². The first-order chi connectivity index (χ1) is 8.03. The Kier molecular flexibility index (Phi) is 3.59. The Morgan fingerprint density at radius 1 is 1.47 bits per heavy atom. The van der Waals surface area contributed by atoms with E-state index in [0.717, 1.165) is 38.0 Å². The van der Waals surface area contributed by atoms with Crippen LogP contribution >= 0.6 is 11.6 Å². The third kappa shape index (κ3) is 2.55. The zero-order valence-electron chi connectivity index (χ0n) is 10.1. The highest BCUT2D eigenvalue weighted by atomic mass is 35.5. The summed E-state index contributed by atoms with van der Waals surface area (Å²) < 4.78 is 13.6. The normalized spacial score (nSPS) is 31.2. The number of nitrogens with zero attached hydrogens (tertiary/aromatic N) is 1. The maximum absolute atomic E-state index is 13.6. The van der Waals surface area contributed by atoms with Crippen molar-refractivity contribution in [2.24, 2.45) is 5.41 Å². The van der Waals surface area contributed by atoms with Crippen molar-refractivity contribution in [3.8, 4) is 0 Å². The molecule has 94 valence electrons. The molecule has 0 amide bonds. The molecule has 2 aliphatic heterocycles. The van der Waals surface area contributed by atoms with Gasteiger partial charge in [0.2, 0.25) is 0 Å². The van der Waals surface area contributed by atoms with Crippen LogP contribution < -0.4 is 5.32 Å². The summed E-state index contributed by atoms with van der Waals surface area (Å²) in [5, 5.41) is 3.50. The van der Waals surface area contributed by atoms with Crippen LogP contribution in [0.25, 0.3) is 0 Å². The van der Waals surface area contributed by atoms with Crippen molar-refractivity contribution in [3.63, 3.8) is 0 Å². The van der Waals surface area contributed by atoms with E-state index in [4.69, 9.17) is 11.6 Å². The molecular formula is C13H18ClFN2. The highest BCUT2D eigenvalue weighted by Gasteiger charge is 2.35. The molecule has 2 heterocycles. The molecule has 0 unspecified atom stereocenters. The largest absolute Gasteiger partial charge is 0.377 e. The van der Waals surface area contributed by atoms with Crippen molar-refractivity contribution in [2.75, 3.05) is 26.7 Å². The lowest BCUT2D eigenvalue weighted by atomic mass is 9.72. The minimum atomic E-state index is -0.390. The summed E-state index contributed by atoms with van der Waals surface area (Å²) >= 11 is 5.92. The fourth-order valence-electron chi connectivity index (χ4n) is 2.64. The van der Waals surface area contributed by atoms with Gasteiger partial charge >= 0.3 is 0 Å². The second kappa shape index (κ2) is 4.83. The van der Waals surface area contributed by atoms with Crippen molar-refractivity contribution in [1.82, 2.24) is 10.2 Å². The lowest BCUT2D eigenvalue weighted by molar-refractivity contribution is 0.197. The van der Waals surface area contributed by atoms with Crippen molar-refractivity contribution in [2.45, 2.75) is 12.8 Å². The molecule has 0 aliphatic carbocycles. The van der Waals surface area contributed by atoms with Gasteiger partial charge in [-0.2, -0.15) is 0 Å². The second-order valence-corrected chi connectivity index (χ2v) is 5.35. The number of piperidine rings is 1. The molecule has 1 spiro atoms. The SMILES string of the molecule is C=C1/C=C(Cl)\C(F)=C/N(C)CC12CCNCC2. The van der Waals surface area contributed by atoms with Crippen LogP contribution in [0.15, 0.2) is 35.3 Å². The van der Waals surface area contributed by atoms with Gasteiger partial charge in [-0.25, -0.2) is 4.39 Å². The van der Waals surface area contributed by atoms with E-state index in [2.05, 4.69) is 11.9 Å². The number of hydrogen-bond donors (Lipinski definition) is 1. The highest BCUT2D eigenvalue weighted by Crippen LogP contribution is 2.40. The lowest BCUT2D eigenvalue weighted by Crippen LogP contribution is -2.44. The minimum Gasteiger partial charge on any atom is -0.377 e. The number of halogens is 2. The Bertz CT molecular complexity index is 381. The van der Waals surface area contributed by atoms with E-state index in [1.807, 2.05) is 11.9 Å². The number of hydrogen-bond acceptors (Lipinski definition) is 2. The average Bonchev–Trinajstić information content (AvgIpc) is 2.28. The molecule has 0 aromatic carbocycles. The van der Waals surface area contributed by atoms with Gasteiger partial charge in [0.15, 0.2) is 5.83 Å². The monoisotopic (exact) mass is 256 g/mol. The van der Waals surface area contributed by atoms with Crippen molar-refractivity contribution >= 4 is 11.6 Å². The highest BCUT2D eigenvalue weighted by molar-refractivity contribution is 6.31. The van der Waals surface area contributed by atoms with E-state index in [-0.39, 0.29) is 16.3 Å². The van der Waals surface area contributed by atoms with Crippen molar-refractivity contribution < 1.29 is 4.39 Å². The smallest absolute Gasteiger partial charge is 0.157 e. The molecule has 0 bridgehead atoms. The molecular weight excluding hydrogens is 239 g/mol. The summed E-state index contributed by atoms with van der Waals surface area (Å²) in [6, 6.07) is 0. The summed E-state index contributed by atoms with van der Waals surface area (Å²) in [6.45, 7) is 6.85. The Morgan fingerprint density at radius 2 is 2.12 bits per heavy atom. The van der Waals surface area contributed by atoms with E-state index in [1.165, 1.54) is 6.20 Å². The van der Waals surface area contributed by atoms with E-state index >= 15 is 0 Å². The molecule has 1 fully saturated rings. The van der Waals surface area contributed by atoms with Gasteiger partial charge in [0.25, 0.3) is 0 Å². The summed E-state index contributed by atoms with van der Waals surface area (Å²) in [5.74, 6) is -0.390. The van der Waals surface area contributed by atoms with Gasteiger partial charge < -0.3 is 10.2 Å². The zero-order valence-corrected chi connectivity index (χ0v) is 10.9. The Labute approximate surface area is 107 Å². The molecule has 0 atom stereocenters. The predicted octanol–water partition coefficient (Wildman–Crippen LogP) is 2.79. The first-order valence-corrected chi connectivity index (χ1v) is 6.26. The molecule has 1 N–H and O–H groups in total. The summed E-state index contributed by atoms with van der Waals surface area (Å²) in [4.78, 5) is 1.88. The molecule has 17 heavy (non-hydrogen) atoms. The number of nitrogens with one attached hydrogen (secondary N) is 1. The predicted molar refractivity (Wildman–Crippen MR) is 69.4 cm³/mol. The Morgan fingerprint density at radius 3 is 2.76 bits per heavy atom. The lowest BCUT2D eigenvalue weighted by Gasteiger charge is -2.41. The standard InChI is InChI=1S/C13H18ClFN2/c1-10-7-11(14)12(15)8-17(2)9-13(10)3-5-16-6-4-13/h7-8,16H,1,3-6,9H2,2H3/b11-7+,12-8+. The van der Waals surface area contributed by atoms with Gasteiger partial charge in [-0.3, -0.25) is 0 Å². The first kappa shape index (κ1) is 12.7. The Hall–Kier alpha value is -0.800. The second-order valence-electron chi connectivity index (χ2n) is 4.94. The van der Waals surface area contributed by atoms with Crippen LogP contribution in [0.3, 0.4) is 0 Å². The van der Waals surface area contributed by atoms with Crippen LogP contribution in [0.1, 0.15) is 12.8 Å². The molecule has 0 aromatic heterocycles. The van der Waals surface area contributed by atoms with Gasteiger partial charge in [0, 0.05) is 25.2 Å². The Balaban J connectivity index is 2.33. The number of allylic oxidation sites excluding steroid dienone is 3. The third-order valence-corrected chi connectivity index (χ3v) is 3.95. The maximum Gasteiger partial charge on any atom is 0.157 e. The molecule has 2 aliphatic rings. The first-order valence-electron chi connectivity index (χ1n) is 5.89. The molecule has 0 radical (unpaired) electrons. The van der Waals surface area contributed by atoms with Gasteiger partial charge in [-0.05, 0) is 37.6 Å². The van der Waals surface area contributed by atoms with E-state index in [1.54, 1.807) is 6.08 Å². The number of rotatable bonds is 0. The molecule has 1 saturated heterocycles. The van der Waals surface area contributed by atoms with Gasteiger partial charge in [-0.15, -0.1) is 0 Å². The molecule has 2 nitrogen and oxygen atoms in total. The maximum atomic E-state index is 13.6. The summed E-state index contributed by atoms with van der Waals surface area (Å²) in [5.41, 5.74) is 0.969. The third-order valence-electron chi connectivity index (χ3n) is 3.66. The summed E-state index contributed by atoms with van der Waals surface area (Å²) in [6.07, 6.45) is 5.19. The van der Waals surface area contributed by atoms with Crippen molar-refractivity contribution in [1.29, 1.82) is 0 Å². The zero-order chi connectivity index (χ0) is 12.5. The van der Waals surface area contributed by atoms with Gasteiger partial charge in [0.05, 0.1) is 5.03 Å². The quantitative estimate of drug-likeness (QED) is 0.717. The van der Waals surface area contributed by atoms with Crippen LogP contribution in [-0.2, 0) is 0 Å². The fraction of sp³-hybridized carbons (Fsp3) is 0.538. The van der Waals surface area contributed by atoms with Gasteiger partial charge in [0.1, 0.15) is 0 Å². The molecule has 2 rings (SSSR count). The molecule has 0 aromatic rings. The average molecular weight is 257 g/mol.